The lowest BCUT2D eigenvalue weighted by molar-refractivity contribution is -0.146. The van der Waals surface area contributed by atoms with E-state index in [9.17, 15) is 49.2 Å². The molecule has 2 aromatic rings. The zero-order chi connectivity index (χ0) is 53.4. The van der Waals surface area contributed by atoms with Gasteiger partial charge in [0.05, 0.1) is 43.7 Å². The first-order valence-electron chi connectivity index (χ1n) is 25.0. The Balaban J connectivity index is 1.42. The largest absolute Gasteiger partial charge is 0.508 e. The molecular formula is C54H80N4O14. The average Bonchev–Trinajstić information content (AvgIpc) is 3.57. The summed E-state index contributed by atoms with van der Waals surface area (Å²) in [6, 6.07) is 12.4. The number of carboxylic acids is 1. The number of phenols is 1. The molecule has 1 aliphatic carbocycles. The lowest BCUT2D eigenvalue weighted by Crippen LogP contribution is -2.56. The van der Waals surface area contributed by atoms with E-state index in [4.69, 9.17) is 19.3 Å². The number of aliphatic carboxylic acids is 1. The number of esters is 1. The topological polar surface area (TPSA) is 279 Å². The van der Waals surface area contributed by atoms with Crippen molar-refractivity contribution in [3.63, 3.8) is 0 Å². The molecule has 400 valence electrons. The molecule has 18 nitrogen and oxygen atoms in total. The number of hydrogen-bond donors (Lipinski definition) is 9. The molecule has 0 saturated heterocycles. The van der Waals surface area contributed by atoms with Crippen molar-refractivity contribution in [1.82, 2.24) is 21.3 Å². The van der Waals surface area contributed by atoms with Crippen LogP contribution in [0.2, 0.25) is 0 Å². The number of rotatable bonds is 31. The van der Waals surface area contributed by atoms with Crippen molar-refractivity contribution in [2.75, 3.05) is 19.8 Å². The Morgan fingerprint density at radius 3 is 2.15 bits per heavy atom. The van der Waals surface area contributed by atoms with Crippen molar-refractivity contribution < 1.29 is 68.5 Å². The Morgan fingerprint density at radius 1 is 0.806 bits per heavy atom. The minimum Gasteiger partial charge on any atom is -0.508 e. The molecule has 0 radical (unpaired) electrons. The van der Waals surface area contributed by atoms with Crippen LogP contribution < -0.4 is 21.3 Å². The van der Waals surface area contributed by atoms with Gasteiger partial charge in [-0.3, -0.25) is 24.0 Å². The highest BCUT2D eigenvalue weighted by Gasteiger charge is 2.39. The Kier molecular flexibility index (Phi) is 25.4. The van der Waals surface area contributed by atoms with Crippen LogP contribution in [0.25, 0.3) is 0 Å². The number of carboxylic acid groups (broad SMARTS) is 1. The fourth-order valence-electron chi connectivity index (χ4n) is 8.05. The molecule has 0 bridgehead atoms. The molecule has 0 aliphatic heterocycles. The first-order chi connectivity index (χ1) is 33.9. The van der Waals surface area contributed by atoms with Gasteiger partial charge < -0.3 is 61.0 Å². The number of aryl methyl sites for hydroxylation is 1. The van der Waals surface area contributed by atoms with Crippen molar-refractivity contribution in [3.05, 3.63) is 90.0 Å². The molecule has 8 atom stereocenters. The van der Waals surface area contributed by atoms with Crippen LogP contribution in [0.15, 0.2) is 78.9 Å². The zero-order valence-electron chi connectivity index (χ0n) is 43.0. The summed E-state index contributed by atoms with van der Waals surface area (Å²) in [5.41, 5.74) is -0.0342. The minimum atomic E-state index is -1.25. The molecule has 0 unspecified atom stereocenters. The fraction of sp³-hybridized carbons (Fsp3) is 0.593. The maximum atomic E-state index is 13.8. The standard InChI is InChI=1S/C54H80N4O14/c1-35(2)31-43(49(65)55-34-47(63)56-36(3)51(67)68)57-50(66)44(32-38-20-23-39(59)24-21-38)58-52(69)72-54(6,7)28-30-71-53(4,5)27-29-70-48(64)18-14-9-8-13-17-41-42(46(62)33-45(41)61)26-25-40(60)22-19-37-15-11-10-12-16-37/h8,10-13,15-16,20-21,23-26,35-36,40-46,59-62H,9,14,17-19,22,27-34H2,1-7H3,(H,55,65)(H,56,63)(H,57,66)(H,58,69)(H,67,68)/b13-8-,26-25+/t36-,40-,41+,42+,43-,44-,45-,46+/m0/s1. The lowest BCUT2D eigenvalue weighted by Gasteiger charge is -2.30. The first kappa shape index (κ1) is 60.5. The van der Waals surface area contributed by atoms with Crippen LogP contribution in [0.3, 0.4) is 0 Å². The summed E-state index contributed by atoms with van der Waals surface area (Å²) in [4.78, 5) is 76.2. The van der Waals surface area contributed by atoms with E-state index in [2.05, 4.69) is 21.3 Å². The van der Waals surface area contributed by atoms with Gasteiger partial charge in [0.1, 0.15) is 29.5 Å². The summed E-state index contributed by atoms with van der Waals surface area (Å²) < 4.78 is 17.3. The lowest BCUT2D eigenvalue weighted by atomic mass is 9.89. The summed E-state index contributed by atoms with van der Waals surface area (Å²) >= 11 is 0. The molecule has 9 N–H and O–H groups in total. The molecule has 0 spiro atoms. The number of benzene rings is 2. The molecule has 18 heteroatoms. The number of aliphatic hydroxyl groups excluding tert-OH is 3. The van der Waals surface area contributed by atoms with Gasteiger partial charge in [0.15, 0.2) is 0 Å². The summed E-state index contributed by atoms with van der Waals surface area (Å²) in [5, 5.41) is 60.6. The normalized spacial score (nSPS) is 18.8. The number of allylic oxidation sites excluding steroid dienone is 2. The number of hydrogen-bond acceptors (Lipinski definition) is 13. The fourth-order valence-corrected chi connectivity index (χ4v) is 8.05. The molecule has 1 saturated carbocycles. The van der Waals surface area contributed by atoms with Gasteiger partial charge in [-0.1, -0.05) is 80.6 Å². The van der Waals surface area contributed by atoms with Crippen molar-refractivity contribution >= 4 is 35.8 Å². The number of alkyl carbamates (subject to hydrolysis) is 1. The van der Waals surface area contributed by atoms with Crippen molar-refractivity contribution in [1.29, 1.82) is 0 Å². The summed E-state index contributed by atoms with van der Waals surface area (Å²) in [6.07, 6.45) is 8.93. The molecule has 3 rings (SSSR count). The van der Waals surface area contributed by atoms with Crippen molar-refractivity contribution in [2.24, 2.45) is 17.8 Å². The van der Waals surface area contributed by atoms with Crippen LogP contribution in [-0.4, -0.2) is 129 Å². The average molecular weight is 1010 g/mol. The van der Waals surface area contributed by atoms with Gasteiger partial charge in [0.25, 0.3) is 0 Å². The number of aliphatic hydroxyl groups is 3. The van der Waals surface area contributed by atoms with Gasteiger partial charge in [-0.25, -0.2) is 4.79 Å². The number of phenolic OH excluding ortho intramolecular Hbond substituents is 1. The highest BCUT2D eigenvalue weighted by molar-refractivity contribution is 5.93. The van der Waals surface area contributed by atoms with Crippen LogP contribution in [-0.2, 0) is 51.0 Å². The second kappa shape index (κ2) is 30.3. The predicted molar refractivity (Wildman–Crippen MR) is 270 cm³/mol. The Labute approximate surface area is 424 Å². The molecule has 4 amide bonds. The van der Waals surface area contributed by atoms with Gasteiger partial charge in [0, 0.05) is 38.0 Å². The minimum absolute atomic E-state index is 0.000387. The Hall–Kier alpha value is -5.82. The van der Waals surface area contributed by atoms with Gasteiger partial charge in [-0.2, -0.15) is 0 Å². The van der Waals surface area contributed by atoms with E-state index >= 15 is 0 Å². The molecule has 0 aromatic heterocycles. The third-order valence-electron chi connectivity index (χ3n) is 12.4. The van der Waals surface area contributed by atoms with Gasteiger partial charge >= 0.3 is 18.0 Å². The van der Waals surface area contributed by atoms with Gasteiger partial charge in [-0.05, 0) is 108 Å². The molecule has 1 aliphatic rings. The van der Waals surface area contributed by atoms with E-state index in [1.807, 2.05) is 76.3 Å². The Bertz CT molecular complexity index is 2080. The monoisotopic (exact) mass is 1010 g/mol. The maximum absolute atomic E-state index is 13.8. The van der Waals surface area contributed by atoms with Crippen LogP contribution >= 0.6 is 0 Å². The smallest absolute Gasteiger partial charge is 0.408 e. The van der Waals surface area contributed by atoms with Crippen LogP contribution in [0, 0.1) is 17.8 Å². The second-order valence-corrected chi connectivity index (χ2v) is 20.3. The molecule has 0 heterocycles. The van der Waals surface area contributed by atoms with Crippen molar-refractivity contribution in [3.8, 4) is 5.75 Å². The first-order valence-corrected chi connectivity index (χ1v) is 25.0. The third kappa shape index (κ3) is 23.6. The number of amides is 4. The SMILES string of the molecule is CC(C)C[C@H](NC(=O)[C@H](Cc1ccc(O)cc1)NC(=O)OC(C)(C)CCOC(C)(C)CCOC(=O)CCC/C=C\C[C@@H]1[C@@H](/C=C/[C@@H](O)CCc2ccccc2)[C@H](O)C[C@@H]1O)C(=O)NCC(=O)N[C@@H](C)C(=O)O. The van der Waals surface area contributed by atoms with E-state index in [1.165, 1.54) is 19.1 Å². The second-order valence-electron chi connectivity index (χ2n) is 20.3. The van der Waals surface area contributed by atoms with E-state index in [1.54, 1.807) is 32.1 Å². The predicted octanol–water partition coefficient (Wildman–Crippen LogP) is 5.19. The Morgan fingerprint density at radius 2 is 1.49 bits per heavy atom. The van der Waals surface area contributed by atoms with Crippen molar-refractivity contribution in [2.45, 2.75) is 167 Å². The van der Waals surface area contributed by atoms with Crippen LogP contribution in [0.1, 0.15) is 117 Å². The molecule has 2 aromatic carbocycles. The van der Waals surface area contributed by atoms with Crippen LogP contribution in [0.5, 0.6) is 5.75 Å². The van der Waals surface area contributed by atoms with Gasteiger partial charge in [-0.15, -0.1) is 0 Å². The third-order valence-corrected chi connectivity index (χ3v) is 12.4. The van der Waals surface area contributed by atoms with E-state index < -0.39 is 84.0 Å². The maximum Gasteiger partial charge on any atom is 0.408 e. The molecule has 1 fully saturated rings. The summed E-state index contributed by atoms with van der Waals surface area (Å²) in [7, 11) is 0. The molecule has 72 heavy (non-hydrogen) atoms. The van der Waals surface area contributed by atoms with Gasteiger partial charge in [0.2, 0.25) is 17.7 Å². The van der Waals surface area contributed by atoms with E-state index in [0.717, 1.165) is 12.0 Å². The number of carbonyl (C=O) groups excluding carboxylic acids is 5. The number of nitrogens with one attached hydrogen (secondary N) is 4. The van der Waals surface area contributed by atoms with E-state index in [-0.39, 0.29) is 74.8 Å². The number of ether oxygens (including phenoxy) is 3. The summed E-state index contributed by atoms with van der Waals surface area (Å²) in [5.74, 6) is -4.25. The number of unbranched alkanes of at least 4 members (excludes halogenated alkanes) is 1. The van der Waals surface area contributed by atoms with E-state index in [0.29, 0.717) is 37.7 Å². The summed E-state index contributed by atoms with van der Waals surface area (Å²) in [6.45, 7) is 11.8. The number of aromatic hydroxyl groups is 1. The van der Waals surface area contributed by atoms with Crippen LogP contribution in [0.4, 0.5) is 4.79 Å². The molecular weight excluding hydrogens is 929 g/mol. The zero-order valence-corrected chi connectivity index (χ0v) is 43.0. The quantitative estimate of drug-likeness (QED) is 0.0267. The highest BCUT2D eigenvalue weighted by Crippen LogP contribution is 2.36. The number of carbonyl (C=O) groups is 6. The highest BCUT2D eigenvalue weighted by atomic mass is 16.6.